The maximum absolute atomic E-state index is 17.4. The van der Waals surface area contributed by atoms with Crippen LogP contribution in [0.15, 0.2) is 23.8 Å². The van der Waals surface area contributed by atoms with Crippen molar-refractivity contribution in [1.29, 1.82) is 0 Å². The second kappa shape index (κ2) is 8.04. The molecule has 4 aliphatic carbocycles. The van der Waals surface area contributed by atoms with Crippen LogP contribution in [0.3, 0.4) is 0 Å². The summed E-state index contributed by atoms with van der Waals surface area (Å²) in [4.78, 5) is 25.8. The van der Waals surface area contributed by atoms with Crippen LogP contribution in [0.1, 0.15) is 72.6 Å². The van der Waals surface area contributed by atoms with Crippen molar-refractivity contribution in [3.63, 3.8) is 0 Å². The molecule has 0 amide bonds. The molecule has 1 heterocycles. The molecular weight excluding hydrogens is 451 g/mol. The number of Topliss-reactive ketones (excluding diaryl/α,β-unsaturated/α-hetero) is 1. The predicted octanol–water partition coefficient (Wildman–Crippen LogP) is 4.45. The van der Waals surface area contributed by atoms with Crippen LogP contribution in [0.25, 0.3) is 0 Å². The number of alkyl halides is 1. The van der Waals surface area contributed by atoms with Crippen LogP contribution in [0.4, 0.5) is 4.39 Å². The van der Waals surface area contributed by atoms with Crippen LogP contribution in [0, 0.1) is 28.6 Å². The number of methoxy groups -OCH3 is 1. The molecule has 1 saturated heterocycles. The van der Waals surface area contributed by atoms with Gasteiger partial charge in [-0.25, -0.2) is 4.39 Å². The minimum atomic E-state index is -1.93. The van der Waals surface area contributed by atoms with Crippen molar-refractivity contribution in [2.75, 3.05) is 13.7 Å². The minimum Gasteiger partial charge on any atom is -0.390 e. The summed E-state index contributed by atoms with van der Waals surface area (Å²) in [6, 6.07) is 0. The fourth-order valence-corrected chi connectivity index (χ4v) is 8.68. The van der Waals surface area contributed by atoms with Gasteiger partial charge in [0.2, 0.25) is 0 Å². The molecule has 7 heteroatoms. The Hall–Kier alpha value is -1.41. The molecule has 0 aromatic heterocycles. The highest BCUT2D eigenvalue weighted by Gasteiger charge is 2.78. The lowest BCUT2D eigenvalue weighted by atomic mass is 9.44. The van der Waals surface area contributed by atoms with Gasteiger partial charge >= 0.3 is 0 Å². The predicted molar refractivity (Wildman–Crippen MR) is 127 cm³/mol. The van der Waals surface area contributed by atoms with Gasteiger partial charge in [0.15, 0.2) is 17.2 Å². The van der Waals surface area contributed by atoms with E-state index in [-0.39, 0.29) is 36.4 Å². The SMILES string of the molecule is CCCCC1(OC)OCC(=O)[C@@]2(O1)[C@H](C)C[C@H]1[C@@H]3CCC4=CC(=O)C=C[C@]4(C)C3(F)[C@@H](O)C[C@@]12C. The maximum Gasteiger partial charge on any atom is 0.284 e. The number of ketones is 2. The van der Waals surface area contributed by atoms with Crippen LogP contribution >= 0.6 is 0 Å². The van der Waals surface area contributed by atoms with Crippen molar-refractivity contribution >= 4 is 11.6 Å². The van der Waals surface area contributed by atoms with E-state index in [1.165, 1.54) is 13.2 Å². The van der Waals surface area contributed by atoms with Gasteiger partial charge in [-0.1, -0.05) is 38.8 Å². The van der Waals surface area contributed by atoms with E-state index < -0.39 is 40.1 Å². The first-order valence-corrected chi connectivity index (χ1v) is 13.2. The van der Waals surface area contributed by atoms with Gasteiger partial charge in [-0.15, -0.1) is 0 Å². The molecule has 0 aromatic rings. The van der Waals surface area contributed by atoms with E-state index in [0.717, 1.165) is 18.4 Å². The number of aliphatic hydroxyl groups excluding tert-OH is 1. The zero-order valence-electron chi connectivity index (χ0n) is 21.6. The molecule has 1 aliphatic heterocycles. The fraction of sp³-hybridized carbons (Fsp3) is 0.786. The lowest BCUT2D eigenvalue weighted by Crippen LogP contribution is -2.72. The number of allylic oxidation sites excluding steroid dienone is 4. The number of hydrogen-bond acceptors (Lipinski definition) is 6. The zero-order valence-corrected chi connectivity index (χ0v) is 21.6. The van der Waals surface area contributed by atoms with Crippen LogP contribution in [-0.4, -0.2) is 53.7 Å². The summed E-state index contributed by atoms with van der Waals surface area (Å²) in [5.41, 5.74) is -4.24. The Kier molecular flexibility index (Phi) is 5.80. The molecule has 2 unspecified atom stereocenters. The third-order valence-electron chi connectivity index (χ3n) is 10.5. The van der Waals surface area contributed by atoms with Crippen molar-refractivity contribution in [1.82, 2.24) is 0 Å². The normalized spacial score (nSPS) is 51.1. The van der Waals surface area contributed by atoms with E-state index in [1.807, 2.05) is 20.8 Å². The first-order chi connectivity index (χ1) is 16.4. The van der Waals surface area contributed by atoms with Crippen LogP contribution in [0.2, 0.25) is 0 Å². The Balaban J connectivity index is 1.59. The summed E-state index contributed by atoms with van der Waals surface area (Å²) in [5.74, 6) is -2.43. The Labute approximate surface area is 207 Å². The number of fused-ring (bicyclic) bond motifs is 6. The topological polar surface area (TPSA) is 82.1 Å². The lowest BCUT2D eigenvalue weighted by Gasteiger charge is -2.63. The average Bonchev–Trinajstić information content (AvgIpc) is 3.03. The molecule has 1 N–H and O–H groups in total. The first kappa shape index (κ1) is 25.2. The molecule has 0 bridgehead atoms. The number of hydrogen-bond donors (Lipinski definition) is 1. The van der Waals surface area contributed by atoms with E-state index in [9.17, 15) is 14.7 Å². The highest BCUT2D eigenvalue weighted by molar-refractivity contribution is 6.01. The van der Waals surface area contributed by atoms with Crippen molar-refractivity contribution in [3.05, 3.63) is 23.8 Å². The summed E-state index contributed by atoms with van der Waals surface area (Å²) in [5, 5.41) is 11.6. The third kappa shape index (κ3) is 3.01. The third-order valence-corrected chi connectivity index (χ3v) is 10.5. The summed E-state index contributed by atoms with van der Waals surface area (Å²) >= 11 is 0. The number of carbonyl (C=O) groups excluding carboxylic acids is 2. The highest BCUT2D eigenvalue weighted by Crippen LogP contribution is 2.72. The Morgan fingerprint density at radius 2 is 2.00 bits per heavy atom. The zero-order chi connectivity index (χ0) is 25.4. The molecular formula is C28H39FO6. The van der Waals surface area contributed by atoms with E-state index in [1.54, 1.807) is 12.2 Å². The van der Waals surface area contributed by atoms with E-state index in [4.69, 9.17) is 14.2 Å². The lowest BCUT2D eigenvalue weighted by molar-refractivity contribution is -0.431. The van der Waals surface area contributed by atoms with E-state index in [2.05, 4.69) is 6.92 Å². The number of ether oxygens (including phenoxy) is 3. The number of unbranched alkanes of at least 4 members (excludes halogenated alkanes) is 1. The van der Waals surface area contributed by atoms with E-state index >= 15 is 4.39 Å². The Morgan fingerprint density at radius 3 is 2.69 bits per heavy atom. The summed E-state index contributed by atoms with van der Waals surface area (Å²) < 4.78 is 35.7. The largest absolute Gasteiger partial charge is 0.390 e. The molecule has 194 valence electrons. The fourth-order valence-electron chi connectivity index (χ4n) is 8.68. The van der Waals surface area contributed by atoms with Crippen LogP contribution < -0.4 is 0 Å². The Bertz CT molecular complexity index is 992. The van der Waals surface area contributed by atoms with Crippen molar-refractivity contribution in [2.45, 2.75) is 96.0 Å². The monoisotopic (exact) mass is 490 g/mol. The van der Waals surface area contributed by atoms with Crippen LogP contribution in [0.5, 0.6) is 0 Å². The Morgan fingerprint density at radius 1 is 1.26 bits per heavy atom. The minimum absolute atomic E-state index is 0.0962. The highest BCUT2D eigenvalue weighted by atomic mass is 19.1. The van der Waals surface area contributed by atoms with Gasteiger partial charge < -0.3 is 19.3 Å². The number of halogens is 1. The maximum atomic E-state index is 17.4. The smallest absolute Gasteiger partial charge is 0.284 e. The molecule has 4 fully saturated rings. The van der Waals surface area contributed by atoms with Gasteiger partial charge in [0.25, 0.3) is 5.97 Å². The van der Waals surface area contributed by atoms with Gasteiger partial charge in [-0.2, -0.15) is 0 Å². The molecule has 5 aliphatic rings. The molecule has 6 nitrogen and oxygen atoms in total. The van der Waals surface area contributed by atoms with Gasteiger partial charge in [0.1, 0.15) is 12.2 Å². The molecule has 5 rings (SSSR count). The number of rotatable bonds is 4. The van der Waals surface area contributed by atoms with Crippen molar-refractivity contribution in [2.24, 2.45) is 28.6 Å². The second-order valence-corrected chi connectivity index (χ2v) is 11.9. The van der Waals surface area contributed by atoms with Gasteiger partial charge in [-0.3, -0.25) is 9.59 Å². The molecule has 0 aromatic carbocycles. The van der Waals surface area contributed by atoms with E-state index in [0.29, 0.717) is 25.7 Å². The van der Waals surface area contributed by atoms with Crippen molar-refractivity contribution in [3.8, 4) is 0 Å². The second-order valence-electron chi connectivity index (χ2n) is 11.9. The summed E-state index contributed by atoms with van der Waals surface area (Å²) in [7, 11) is 1.54. The number of carbonyl (C=O) groups is 2. The van der Waals surface area contributed by atoms with Crippen LogP contribution in [-0.2, 0) is 23.8 Å². The van der Waals surface area contributed by atoms with Crippen molar-refractivity contribution < 1.29 is 33.3 Å². The molecule has 9 atom stereocenters. The summed E-state index contributed by atoms with van der Waals surface area (Å²) in [6.07, 6.45) is 7.38. The number of aliphatic hydroxyl groups is 1. The van der Waals surface area contributed by atoms with Gasteiger partial charge in [-0.05, 0) is 63.0 Å². The van der Waals surface area contributed by atoms with Gasteiger partial charge in [0, 0.05) is 30.3 Å². The standard InChI is InChI=1S/C28H39FO6/c1-6-7-11-26(33-5)34-16-23(32)28(35-26)17(2)13-21-20-9-8-18-14-19(30)10-12-24(18,3)27(20,29)22(31)15-25(21,28)4/h10,12,14,17,20-22,31H,6-9,11,13,15-16H2,1-5H3/t17-,20+,21+,22+,24+,25+,26?,27?,28+/m1/s1. The summed E-state index contributed by atoms with van der Waals surface area (Å²) in [6.45, 7) is 7.77. The van der Waals surface area contributed by atoms with Gasteiger partial charge in [0.05, 0.1) is 6.10 Å². The molecule has 35 heavy (non-hydrogen) atoms. The molecule has 0 radical (unpaired) electrons. The molecule has 1 spiro atoms. The first-order valence-electron chi connectivity index (χ1n) is 13.2. The molecule has 3 saturated carbocycles. The average molecular weight is 491 g/mol. The quantitative estimate of drug-likeness (QED) is 0.627.